The van der Waals surface area contributed by atoms with Crippen LogP contribution in [0.15, 0.2) is 87.5 Å². The number of rotatable bonds is 23. The van der Waals surface area contributed by atoms with E-state index in [2.05, 4.69) is 12.6 Å². The summed E-state index contributed by atoms with van der Waals surface area (Å²) in [6.45, 7) is 0. The van der Waals surface area contributed by atoms with Gasteiger partial charge in [-0.15, -0.1) is 12.6 Å². The number of thiol groups is 1. The fourth-order valence-electron chi connectivity index (χ4n) is 3.85. The van der Waals surface area contributed by atoms with Gasteiger partial charge in [-0.05, 0) is 83.7 Å². The van der Waals surface area contributed by atoms with Crippen molar-refractivity contribution in [2.45, 2.75) is 66.1 Å². The first-order valence-electron chi connectivity index (χ1n) is 16.5. The molecule has 0 spiro atoms. The minimum Gasteiger partial charge on any atom is -0.750 e. The van der Waals surface area contributed by atoms with Crippen LogP contribution in [0.4, 0.5) is 0 Å². The van der Waals surface area contributed by atoms with Gasteiger partial charge in [-0.1, -0.05) is 105 Å². The molecule has 8 N–H and O–H groups in total. The Hall–Kier alpha value is 1.33. The average molecular weight is 1100 g/mol. The number of carboxylic acid groups (broad SMARTS) is 3. The van der Waals surface area contributed by atoms with Crippen molar-refractivity contribution in [2.75, 3.05) is 23.0 Å². The van der Waals surface area contributed by atoms with Crippen molar-refractivity contribution in [3.05, 3.63) is 89.5 Å². The number of unbranched alkanes of at least 4 members (excludes halogenated alkanes) is 6. The van der Waals surface area contributed by atoms with Crippen molar-refractivity contribution in [1.82, 2.24) is 0 Å². The van der Waals surface area contributed by atoms with Crippen molar-refractivity contribution < 1.29 is 169 Å². The Bertz CT molecular complexity index is 1830. The Morgan fingerprint density at radius 2 is 0.810 bits per heavy atom. The predicted octanol–water partition coefficient (Wildman–Crippen LogP) is -1.87. The van der Waals surface area contributed by atoms with Crippen LogP contribution in [0.1, 0.15) is 82.4 Å². The van der Waals surface area contributed by atoms with E-state index >= 15 is 0 Å². The Morgan fingerprint density at radius 1 is 0.540 bits per heavy atom. The van der Waals surface area contributed by atoms with Crippen LogP contribution in [-0.4, -0.2) is 106 Å². The van der Waals surface area contributed by atoms with E-state index in [0.29, 0.717) is 63.3 Å². The molecule has 1 atom stereocenters. The van der Waals surface area contributed by atoms with Crippen molar-refractivity contribution in [2.24, 2.45) is 0 Å². The Labute approximate surface area is 465 Å². The first kappa shape index (κ1) is 75.8. The van der Waals surface area contributed by atoms with Gasteiger partial charge in [0.25, 0.3) is 0 Å². The van der Waals surface area contributed by atoms with Crippen LogP contribution in [0.25, 0.3) is 0 Å². The molecule has 0 fully saturated rings. The molecule has 0 aromatic heterocycles. The SMILES string of the molecule is O.O.O=C(O)c1ccccc1S.O=C(O)c1ccccc1SSCCCCCCSSc1ccccc1C(=O)O.O=S(=O)([O-])SCCCCCCSS(=O)(=O)[O-].O=S([O-])O.[Na+].[Na+].[Na+]. The number of carbonyl (C=O) groups is 3. The fraction of sp³-hybridized carbons (Fsp3) is 0.364. The minimum atomic E-state index is -4.20. The summed E-state index contributed by atoms with van der Waals surface area (Å²) in [5.41, 5.74) is 0.962. The molecular weight excluding hydrogens is 1060 g/mol. The molecule has 17 nitrogen and oxygen atoms in total. The molecule has 0 amide bonds. The number of carboxylic acids is 3. The molecule has 0 aliphatic rings. The first-order chi connectivity index (χ1) is 27.2. The average Bonchev–Trinajstić information content (AvgIpc) is 3.13. The largest absolute Gasteiger partial charge is 1.00 e. The third-order valence-corrected chi connectivity index (χ3v) is 16.0. The number of hydrogen-bond acceptors (Lipinski definition) is 18. The molecular formula is C33H45Na3O17S10. The number of benzene rings is 3. The maximum atomic E-state index is 11.2. The molecule has 0 aliphatic carbocycles. The van der Waals surface area contributed by atoms with E-state index in [1.165, 1.54) is 27.7 Å². The van der Waals surface area contributed by atoms with E-state index in [4.69, 9.17) is 28.6 Å². The number of aromatic carboxylic acids is 3. The maximum absolute atomic E-state index is 11.2. The normalized spacial score (nSPS) is 10.5. The molecule has 0 heterocycles. The summed E-state index contributed by atoms with van der Waals surface area (Å²) in [5, 5.41) is 26.9. The molecule has 3 aromatic carbocycles. The van der Waals surface area contributed by atoms with Crippen molar-refractivity contribution in [3.63, 3.8) is 0 Å². The third-order valence-electron chi connectivity index (χ3n) is 6.37. The molecule has 30 heteroatoms. The van der Waals surface area contributed by atoms with Crippen molar-refractivity contribution >= 4 is 125 Å². The van der Waals surface area contributed by atoms with Crippen LogP contribution >= 0.6 is 77.4 Å². The van der Waals surface area contributed by atoms with E-state index in [1.54, 1.807) is 64.1 Å². The van der Waals surface area contributed by atoms with Crippen LogP contribution in [-0.2, 0) is 29.7 Å². The summed E-state index contributed by atoms with van der Waals surface area (Å²) in [6, 6.07) is 20.8. The van der Waals surface area contributed by atoms with Crippen LogP contribution in [0.3, 0.4) is 0 Å². The Morgan fingerprint density at radius 3 is 1.08 bits per heavy atom. The Balaban J connectivity index is -0.000000198. The van der Waals surface area contributed by atoms with E-state index in [9.17, 15) is 40.3 Å². The summed E-state index contributed by atoms with van der Waals surface area (Å²) >= 11 is 1.10. The van der Waals surface area contributed by atoms with Gasteiger partial charge in [0.2, 0.25) is 0 Å². The number of hydrogen-bond donors (Lipinski definition) is 5. The fourth-order valence-corrected chi connectivity index (χ4v) is 11.8. The van der Waals surface area contributed by atoms with Crippen molar-refractivity contribution in [1.29, 1.82) is 0 Å². The van der Waals surface area contributed by atoms with Gasteiger partial charge in [0.15, 0.2) is 0 Å². The molecule has 0 saturated carbocycles. The van der Waals surface area contributed by atoms with Crippen molar-refractivity contribution in [3.8, 4) is 0 Å². The zero-order valence-electron chi connectivity index (χ0n) is 34.3. The molecule has 0 aliphatic heterocycles. The van der Waals surface area contributed by atoms with Gasteiger partial charge >= 0.3 is 107 Å². The zero-order valence-corrected chi connectivity index (χ0v) is 48.6. The van der Waals surface area contributed by atoms with Gasteiger partial charge in [-0.25, -0.2) is 35.4 Å². The monoisotopic (exact) mass is 1100 g/mol. The molecule has 342 valence electrons. The van der Waals surface area contributed by atoms with Crippen LogP contribution in [0, 0.1) is 0 Å². The first-order valence-corrected chi connectivity index (χ1v) is 28.4. The van der Waals surface area contributed by atoms with Gasteiger partial charge in [0, 0.05) is 37.7 Å². The molecule has 0 radical (unpaired) electrons. The quantitative estimate of drug-likeness (QED) is 0.0173. The second-order valence-electron chi connectivity index (χ2n) is 10.7. The summed E-state index contributed by atoms with van der Waals surface area (Å²) in [4.78, 5) is 34.8. The topological polar surface area (TPSA) is 350 Å². The maximum Gasteiger partial charge on any atom is 1.00 e. The van der Waals surface area contributed by atoms with Gasteiger partial charge in [0.05, 0.1) is 28.1 Å². The molecule has 0 bridgehead atoms. The van der Waals surface area contributed by atoms with Gasteiger partial charge in [-0.3, -0.25) is 0 Å². The van der Waals surface area contributed by atoms with Crippen LogP contribution in [0.5, 0.6) is 0 Å². The second-order valence-corrected chi connectivity index (χ2v) is 23.4. The van der Waals surface area contributed by atoms with E-state index in [0.717, 1.165) is 47.0 Å². The third kappa shape index (κ3) is 45.5. The van der Waals surface area contributed by atoms with Crippen LogP contribution < -0.4 is 88.7 Å². The zero-order chi connectivity index (χ0) is 44.0. The smallest absolute Gasteiger partial charge is 0.750 e. The van der Waals surface area contributed by atoms with Gasteiger partial charge in [-0.2, -0.15) is 0 Å². The standard InChI is InChI=1S/C20H22O4S4.C7H6O2S.C6H14O6S4.3Na.H2O3S.2H2O/c21-19(22)15-9-3-5-11-17(15)27-25-13-7-1-2-8-14-26-28-18-12-6-4-10-16(18)20(23)24;8-7(9)5-3-1-2-4-6(5)10;7-15(8,9)13-5-3-1-2-4-6-14-16(10,11)12;;;;1-4(2)3;;/h3-6,9-12H,1-2,7-8,13-14H2,(H,21,22)(H,23,24);1-4,10H,(H,8,9);1-6H2,(H,7,8,9)(H,10,11,12);;;;(H2,1,2,3);2*1H2/q;;;3*+1;;;/p-3. The predicted molar refractivity (Wildman–Crippen MR) is 244 cm³/mol. The van der Waals surface area contributed by atoms with Crippen LogP contribution in [0.2, 0.25) is 0 Å². The molecule has 0 saturated heterocycles. The van der Waals surface area contributed by atoms with E-state index in [-0.39, 0.29) is 117 Å². The van der Waals surface area contributed by atoms with E-state index in [1.807, 2.05) is 24.3 Å². The molecule has 3 aromatic rings. The summed E-state index contributed by atoms with van der Waals surface area (Å²) in [6.07, 6.45) is 7.08. The molecule has 63 heavy (non-hydrogen) atoms. The Kier molecular flexibility index (Phi) is 55.1. The van der Waals surface area contributed by atoms with E-state index < -0.39 is 47.6 Å². The summed E-state index contributed by atoms with van der Waals surface area (Å²) in [7, 11) is -1.21. The van der Waals surface area contributed by atoms with Gasteiger partial charge < -0.3 is 44.5 Å². The summed E-state index contributed by atoms with van der Waals surface area (Å²) in [5.74, 6) is -0.225. The molecule has 1 unspecified atom stereocenters. The second kappa shape index (κ2) is 45.8. The van der Waals surface area contributed by atoms with Gasteiger partial charge in [0.1, 0.15) is 18.3 Å². The molecule has 3 rings (SSSR count). The summed E-state index contributed by atoms with van der Waals surface area (Å²) < 4.78 is 85.2. The minimum absolute atomic E-state index is 0.